The van der Waals surface area contributed by atoms with Crippen molar-refractivity contribution < 1.29 is 9.90 Å². The number of hydrogen-bond donors (Lipinski definition) is 2. The largest absolute Gasteiger partial charge is 0.396 e. The van der Waals surface area contributed by atoms with Crippen LogP contribution >= 0.6 is 0 Å². The minimum atomic E-state index is -0.381. The van der Waals surface area contributed by atoms with E-state index in [0.29, 0.717) is 0 Å². The minimum Gasteiger partial charge on any atom is -0.396 e. The number of aliphatic hydroxyl groups is 1. The number of rotatable bonds is 7. The summed E-state index contributed by atoms with van der Waals surface area (Å²) in [6, 6.07) is 0. The van der Waals surface area contributed by atoms with E-state index < -0.39 is 0 Å². The lowest BCUT2D eigenvalue weighted by Crippen LogP contribution is -2.26. The highest BCUT2D eigenvalue weighted by molar-refractivity contribution is 5.76. The van der Waals surface area contributed by atoms with Gasteiger partial charge in [0.25, 0.3) is 0 Å². The molecule has 12 heavy (non-hydrogen) atoms. The zero-order chi connectivity index (χ0) is 9.40. The Morgan fingerprint density at radius 3 is 2.50 bits per heavy atom. The first kappa shape index (κ1) is 11.4. The van der Waals surface area contributed by atoms with Gasteiger partial charge in [-0.1, -0.05) is 32.6 Å². The van der Waals surface area contributed by atoms with Gasteiger partial charge < -0.3 is 10.8 Å². The third kappa shape index (κ3) is 5.13. The van der Waals surface area contributed by atoms with Gasteiger partial charge in [0, 0.05) is 0 Å². The zero-order valence-electron chi connectivity index (χ0n) is 7.75. The van der Waals surface area contributed by atoms with Crippen molar-refractivity contribution in [1.82, 2.24) is 0 Å². The van der Waals surface area contributed by atoms with Gasteiger partial charge in [0.15, 0.2) is 0 Å². The predicted molar refractivity (Wildman–Crippen MR) is 48.5 cm³/mol. The van der Waals surface area contributed by atoms with Crippen LogP contribution in [-0.2, 0) is 4.79 Å². The van der Waals surface area contributed by atoms with Crippen molar-refractivity contribution in [2.24, 2.45) is 11.7 Å². The number of amides is 1. The summed E-state index contributed by atoms with van der Waals surface area (Å²) in [6.45, 7) is 2.03. The molecule has 72 valence electrons. The fraction of sp³-hybridized carbons (Fsp3) is 0.889. The SMILES string of the molecule is CCCCCCC(CO)C(N)=O. The van der Waals surface area contributed by atoms with Crippen LogP contribution in [0.5, 0.6) is 0 Å². The van der Waals surface area contributed by atoms with Gasteiger partial charge in [-0.25, -0.2) is 0 Å². The molecule has 0 saturated heterocycles. The van der Waals surface area contributed by atoms with Crippen molar-refractivity contribution in [1.29, 1.82) is 0 Å². The second-order valence-corrected chi connectivity index (χ2v) is 3.13. The highest BCUT2D eigenvalue weighted by atomic mass is 16.3. The highest BCUT2D eigenvalue weighted by Gasteiger charge is 2.12. The molecular formula is C9H19NO2. The van der Waals surface area contributed by atoms with E-state index in [4.69, 9.17) is 10.8 Å². The van der Waals surface area contributed by atoms with Gasteiger partial charge in [0.1, 0.15) is 0 Å². The molecule has 3 nitrogen and oxygen atoms in total. The van der Waals surface area contributed by atoms with Crippen molar-refractivity contribution in [3.05, 3.63) is 0 Å². The molecule has 3 N–H and O–H groups in total. The predicted octanol–water partition coefficient (Wildman–Crippen LogP) is 1.05. The first-order valence-corrected chi connectivity index (χ1v) is 4.62. The number of hydrogen-bond acceptors (Lipinski definition) is 2. The van der Waals surface area contributed by atoms with Gasteiger partial charge in [0.2, 0.25) is 5.91 Å². The number of aliphatic hydroxyl groups excluding tert-OH is 1. The molecule has 0 aromatic rings. The van der Waals surface area contributed by atoms with Crippen LogP contribution in [0.15, 0.2) is 0 Å². The molecule has 0 saturated carbocycles. The molecule has 0 fully saturated rings. The van der Waals surface area contributed by atoms with Crippen LogP contribution < -0.4 is 5.73 Å². The normalized spacial score (nSPS) is 12.8. The maximum atomic E-state index is 10.7. The minimum absolute atomic E-state index is 0.110. The second kappa shape index (κ2) is 7.10. The second-order valence-electron chi connectivity index (χ2n) is 3.13. The van der Waals surface area contributed by atoms with E-state index in [-0.39, 0.29) is 18.4 Å². The van der Waals surface area contributed by atoms with Crippen molar-refractivity contribution in [2.75, 3.05) is 6.61 Å². The Hall–Kier alpha value is -0.570. The van der Waals surface area contributed by atoms with Crippen LogP contribution in [0.3, 0.4) is 0 Å². The summed E-state index contributed by atoms with van der Waals surface area (Å²) >= 11 is 0. The molecule has 0 radical (unpaired) electrons. The van der Waals surface area contributed by atoms with Gasteiger partial charge in [0.05, 0.1) is 12.5 Å². The summed E-state index contributed by atoms with van der Waals surface area (Å²) in [5.41, 5.74) is 5.06. The van der Waals surface area contributed by atoms with Crippen LogP contribution in [0.1, 0.15) is 39.0 Å². The van der Waals surface area contributed by atoms with Crippen molar-refractivity contribution in [2.45, 2.75) is 39.0 Å². The number of carbonyl (C=O) groups is 1. The maximum Gasteiger partial charge on any atom is 0.222 e. The fourth-order valence-electron chi connectivity index (χ4n) is 1.14. The zero-order valence-corrected chi connectivity index (χ0v) is 7.75. The monoisotopic (exact) mass is 173 g/mol. The first-order chi connectivity index (χ1) is 5.72. The van der Waals surface area contributed by atoms with Gasteiger partial charge in [-0.2, -0.15) is 0 Å². The van der Waals surface area contributed by atoms with Crippen LogP contribution in [0.4, 0.5) is 0 Å². The van der Waals surface area contributed by atoms with Crippen LogP contribution in [0, 0.1) is 5.92 Å². The highest BCUT2D eigenvalue weighted by Crippen LogP contribution is 2.09. The number of carbonyl (C=O) groups excluding carboxylic acids is 1. The number of primary amides is 1. The van der Waals surface area contributed by atoms with Gasteiger partial charge >= 0.3 is 0 Å². The van der Waals surface area contributed by atoms with E-state index in [0.717, 1.165) is 19.3 Å². The summed E-state index contributed by atoms with van der Waals surface area (Å²) in [7, 11) is 0. The quantitative estimate of drug-likeness (QED) is 0.565. The molecule has 0 spiro atoms. The summed E-state index contributed by atoms with van der Waals surface area (Å²) in [6.07, 6.45) is 5.21. The summed E-state index contributed by atoms with van der Waals surface area (Å²) in [5.74, 6) is -0.712. The molecule has 0 heterocycles. The average Bonchev–Trinajstić information content (AvgIpc) is 2.04. The van der Waals surface area contributed by atoms with Crippen molar-refractivity contribution in [3.63, 3.8) is 0 Å². The Morgan fingerprint density at radius 2 is 2.08 bits per heavy atom. The van der Waals surface area contributed by atoms with E-state index in [1.54, 1.807) is 0 Å². The lowest BCUT2D eigenvalue weighted by Gasteiger charge is -2.08. The molecule has 0 aromatic heterocycles. The van der Waals surface area contributed by atoms with Crippen LogP contribution in [-0.4, -0.2) is 17.6 Å². The Morgan fingerprint density at radius 1 is 1.42 bits per heavy atom. The van der Waals surface area contributed by atoms with Gasteiger partial charge in [-0.15, -0.1) is 0 Å². The fourth-order valence-corrected chi connectivity index (χ4v) is 1.14. The van der Waals surface area contributed by atoms with Gasteiger partial charge in [-0.05, 0) is 6.42 Å². The molecule has 1 amide bonds. The Balaban J connectivity index is 3.38. The third-order valence-corrected chi connectivity index (χ3v) is 2.03. The molecular weight excluding hydrogens is 154 g/mol. The molecule has 0 aromatic carbocycles. The molecule has 0 aliphatic rings. The smallest absolute Gasteiger partial charge is 0.222 e. The molecule has 1 unspecified atom stereocenters. The molecule has 3 heteroatoms. The summed E-state index contributed by atoms with van der Waals surface area (Å²) < 4.78 is 0. The average molecular weight is 173 g/mol. The van der Waals surface area contributed by atoms with E-state index in [1.807, 2.05) is 0 Å². The molecule has 0 aliphatic heterocycles. The maximum absolute atomic E-state index is 10.7. The van der Waals surface area contributed by atoms with E-state index in [2.05, 4.69) is 6.92 Å². The third-order valence-electron chi connectivity index (χ3n) is 2.03. The van der Waals surface area contributed by atoms with Crippen molar-refractivity contribution >= 4 is 5.91 Å². The van der Waals surface area contributed by atoms with Crippen LogP contribution in [0.25, 0.3) is 0 Å². The molecule has 0 rings (SSSR count). The molecule has 0 bridgehead atoms. The van der Waals surface area contributed by atoms with Gasteiger partial charge in [-0.3, -0.25) is 4.79 Å². The molecule has 1 atom stereocenters. The van der Waals surface area contributed by atoms with Crippen molar-refractivity contribution in [3.8, 4) is 0 Å². The Bertz CT molecular complexity index is 126. The lowest BCUT2D eigenvalue weighted by molar-refractivity contribution is -0.123. The van der Waals surface area contributed by atoms with E-state index >= 15 is 0 Å². The number of nitrogens with two attached hydrogens (primary N) is 1. The summed E-state index contributed by atoms with van der Waals surface area (Å²) in [5, 5.41) is 8.75. The Kier molecular flexibility index (Phi) is 6.76. The Labute approximate surface area is 74.0 Å². The van der Waals surface area contributed by atoms with Crippen LogP contribution in [0.2, 0.25) is 0 Å². The molecule has 0 aliphatic carbocycles. The first-order valence-electron chi connectivity index (χ1n) is 4.62. The lowest BCUT2D eigenvalue weighted by atomic mass is 10.0. The standard InChI is InChI=1S/C9H19NO2/c1-2-3-4-5-6-8(7-11)9(10)12/h8,11H,2-7H2,1H3,(H2,10,12). The van der Waals surface area contributed by atoms with E-state index in [9.17, 15) is 4.79 Å². The number of unbranched alkanes of at least 4 members (excludes halogenated alkanes) is 3. The summed E-state index contributed by atoms with van der Waals surface area (Å²) in [4.78, 5) is 10.7. The topological polar surface area (TPSA) is 63.3 Å². The van der Waals surface area contributed by atoms with E-state index in [1.165, 1.54) is 12.8 Å².